The maximum atomic E-state index is 14.5. The number of benzene rings is 1. The number of hydrogen-bond donors (Lipinski definition) is 0. The molecule has 5 heterocycles. The molecule has 1 aliphatic heterocycles. The third kappa shape index (κ3) is 3.76. The minimum atomic E-state index is -0.448. The molecule has 1 saturated heterocycles. The molecule has 8 nitrogen and oxygen atoms in total. The molecule has 0 bridgehead atoms. The molecule has 6 rings (SSSR count). The number of pyridine rings is 1. The first-order valence-corrected chi connectivity index (χ1v) is 11.2. The number of fused-ring (bicyclic) bond motifs is 1. The van der Waals surface area contributed by atoms with Crippen LogP contribution in [0.3, 0.4) is 0 Å². The van der Waals surface area contributed by atoms with Crippen molar-refractivity contribution in [2.24, 2.45) is 0 Å². The molecule has 10 heteroatoms. The minimum Gasteiger partial charge on any atom is -0.481 e. The van der Waals surface area contributed by atoms with Gasteiger partial charge in [-0.3, -0.25) is 0 Å². The summed E-state index contributed by atoms with van der Waals surface area (Å²) >= 11 is 0. The normalized spacial score (nSPS) is 15.7. The van der Waals surface area contributed by atoms with E-state index in [-0.39, 0.29) is 6.04 Å². The van der Waals surface area contributed by atoms with Gasteiger partial charge in [-0.2, -0.15) is 10.2 Å². The molecule has 0 unspecified atom stereocenters. The monoisotopic (exact) mass is 473 g/mol. The van der Waals surface area contributed by atoms with E-state index in [4.69, 9.17) is 9.72 Å². The minimum absolute atomic E-state index is 0.286. The first kappa shape index (κ1) is 21.2. The molecule has 0 spiro atoms. The van der Waals surface area contributed by atoms with E-state index in [1.807, 2.05) is 29.4 Å². The summed E-state index contributed by atoms with van der Waals surface area (Å²) in [4.78, 5) is 11.1. The summed E-state index contributed by atoms with van der Waals surface area (Å²) < 4.78 is 36.9. The van der Waals surface area contributed by atoms with Gasteiger partial charge in [0.2, 0.25) is 5.88 Å². The third-order valence-electron chi connectivity index (χ3n) is 6.31. The SMILES string of the molecule is COc1ccc(-c2cnn(-c3cnn4ccc(N5CCC[C@H]5c5cc(F)ccc5F)nc34)c2)cn1. The molecule has 1 atom stereocenters. The maximum absolute atomic E-state index is 14.5. The van der Waals surface area contributed by atoms with Gasteiger partial charge in [0.15, 0.2) is 5.65 Å². The number of nitrogens with zero attached hydrogens (tertiary/aromatic N) is 7. The first-order valence-electron chi connectivity index (χ1n) is 11.2. The van der Waals surface area contributed by atoms with Crippen LogP contribution in [0.25, 0.3) is 22.5 Å². The lowest BCUT2D eigenvalue weighted by Crippen LogP contribution is -2.24. The van der Waals surface area contributed by atoms with Crippen LogP contribution in [0, 0.1) is 11.6 Å². The molecule has 4 aromatic heterocycles. The van der Waals surface area contributed by atoms with Gasteiger partial charge in [0.1, 0.15) is 23.1 Å². The van der Waals surface area contributed by atoms with E-state index < -0.39 is 11.6 Å². The maximum Gasteiger partial charge on any atom is 0.212 e. The third-order valence-corrected chi connectivity index (χ3v) is 6.31. The van der Waals surface area contributed by atoms with Crippen molar-refractivity contribution in [3.63, 3.8) is 0 Å². The van der Waals surface area contributed by atoms with Crippen LogP contribution in [0.15, 0.2) is 67.4 Å². The average molecular weight is 473 g/mol. The summed E-state index contributed by atoms with van der Waals surface area (Å²) in [5.41, 5.74) is 3.45. The number of rotatable bonds is 5. The Kier molecular flexibility index (Phi) is 5.13. The standard InChI is InChI=1S/C25H21F2N7O/c1-35-24-7-4-16(12-28-24)17-13-29-34(15-17)22-14-30-33-10-8-23(31-25(22)33)32-9-2-3-21(32)19-11-18(26)5-6-20(19)27/h4-8,10-15,21H,2-3,9H2,1H3/t21-/m0/s1. The van der Waals surface area contributed by atoms with E-state index in [2.05, 4.69) is 15.2 Å². The van der Waals surface area contributed by atoms with Gasteiger partial charge < -0.3 is 9.64 Å². The summed E-state index contributed by atoms with van der Waals surface area (Å²) in [7, 11) is 1.57. The fourth-order valence-electron chi connectivity index (χ4n) is 4.58. The van der Waals surface area contributed by atoms with Crippen LogP contribution in [-0.2, 0) is 0 Å². The zero-order valence-corrected chi connectivity index (χ0v) is 18.8. The summed E-state index contributed by atoms with van der Waals surface area (Å²) in [5, 5.41) is 8.90. The second kappa shape index (κ2) is 8.46. The first-order chi connectivity index (χ1) is 17.1. The van der Waals surface area contributed by atoms with Gasteiger partial charge in [-0.15, -0.1) is 0 Å². The van der Waals surface area contributed by atoms with Crippen LogP contribution in [0.2, 0.25) is 0 Å². The quantitative estimate of drug-likeness (QED) is 0.371. The highest BCUT2D eigenvalue weighted by atomic mass is 19.1. The number of halogens is 2. The van der Waals surface area contributed by atoms with E-state index in [0.29, 0.717) is 35.1 Å². The Morgan fingerprint density at radius 2 is 1.91 bits per heavy atom. The smallest absolute Gasteiger partial charge is 0.212 e. The van der Waals surface area contributed by atoms with E-state index in [9.17, 15) is 8.78 Å². The lowest BCUT2D eigenvalue weighted by Gasteiger charge is -2.26. The fourth-order valence-corrected chi connectivity index (χ4v) is 4.58. The topological polar surface area (TPSA) is 73.4 Å². The van der Waals surface area contributed by atoms with E-state index in [1.165, 1.54) is 12.1 Å². The molecule has 0 amide bonds. The summed E-state index contributed by atoms with van der Waals surface area (Å²) in [6, 6.07) is 8.87. The fraction of sp³-hybridized carbons (Fsp3) is 0.200. The van der Waals surface area contributed by atoms with Gasteiger partial charge in [-0.25, -0.2) is 27.9 Å². The molecule has 1 aromatic carbocycles. The zero-order chi connectivity index (χ0) is 23.9. The average Bonchev–Trinajstić information content (AvgIpc) is 3.64. The summed E-state index contributed by atoms with van der Waals surface area (Å²) in [6.45, 7) is 0.698. The number of hydrogen-bond acceptors (Lipinski definition) is 6. The van der Waals surface area contributed by atoms with E-state index in [1.54, 1.807) is 41.0 Å². The van der Waals surface area contributed by atoms with Crippen LogP contribution < -0.4 is 9.64 Å². The van der Waals surface area contributed by atoms with Crippen molar-refractivity contribution in [2.45, 2.75) is 18.9 Å². The molecule has 35 heavy (non-hydrogen) atoms. The van der Waals surface area contributed by atoms with Crippen molar-refractivity contribution in [3.05, 3.63) is 84.6 Å². The lowest BCUT2D eigenvalue weighted by molar-refractivity contribution is 0.398. The van der Waals surface area contributed by atoms with Crippen LogP contribution in [0.4, 0.5) is 14.6 Å². The Hall–Kier alpha value is -4.34. The molecule has 176 valence electrons. The van der Waals surface area contributed by atoms with Crippen molar-refractivity contribution in [2.75, 3.05) is 18.6 Å². The van der Waals surface area contributed by atoms with Crippen molar-refractivity contribution in [1.29, 1.82) is 0 Å². The number of methoxy groups -OCH3 is 1. The van der Waals surface area contributed by atoms with Gasteiger partial charge in [0.05, 0.1) is 25.5 Å². The van der Waals surface area contributed by atoms with Gasteiger partial charge in [0.25, 0.3) is 0 Å². The van der Waals surface area contributed by atoms with Crippen molar-refractivity contribution >= 4 is 11.5 Å². The number of anilines is 1. The molecule has 0 aliphatic carbocycles. The molecule has 0 saturated carbocycles. The molecule has 1 aliphatic rings. The highest BCUT2D eigenvalue weighted by molar-refractivity contribution is 5.65. The number of aromatic nitrogens is 6. The Bertz CT molecular complexity index is 1510. The van der Waals surface area contributed by atoms with E-state index in [0.717, 1.165) is 30.0 Å². The molecule has 0 radical (unpaired) electrons. The van der Waals surface area contributed by atoms with Crippen molar-refractivity contribution in [3.8, 4) is 22.7 Å². The predicted molar refractivity (Wildman–Crippen MR) is 126 cm³/mol. The highest BCUT2D eigenvalue weighted by Crippen LogP contribution is 2.37. The van der Waals surface area contributed by atoms with Crippen LogP contribution in [-0.4, -0.2) is 43.0 Å². The molecule has 1 fully saturated rings. The van der Waals surface area contributed by atoms with E-state index >= 15 is 0 Å². The summed E-state index contributed by atoms with van der Waals surface area (Å²) in [5.74, 6) is 0.360. The molecule has 5 aromatic rings. The molecule has 0 N–H and O–H groups in total. The Morgan fingerprint density at radius 1 is 1.00 bits per heavy atom. The summed E-state index contributed by atoms with van der Waals surface area (Å²) in [6.07, 6.45) is 10.5. The molecular weight excluding hydrogens is 452 g/mol. The van der Waals surface area contributed by atoms with Gasteiger partial charge in [0, 0.05) is 47.9 Å². The second-order valence-corrected chi connectivity index (χ2v) is 8.36. The Morgan fingerprint density at radius 3 is 2.74 bits per heavy atom. The number of ether oxygens (including phenoxy) is 1. The Labute approximate surface area is 199 Å². The van der Waals surface area contributed by atoms with Gasteiger partial charge >= 0.3 is 0 Å². The van der Waals surface area contributed by atoms with Gasteiger partial charge in [-0.05, 0) is 43.2 Å². The lowest BCUT2D eigenvalue weighted by atomic mass is 10.0. The largest absolute Gasteiger partial charge is 0.481 e. The zero-order valence-electron chi connectivity index (χ0n) is 18.8. The van der Waals surface area contributed by atoms with Crippen LogP contribution in [0.5, 0.6) is 5.88 Å². The second-order valence-electron chi connectivity index (χ2n) is 8.36. The van der Waals surface area contributed by atoms with Crippen LogP contribution in [0.1, 0.15) is 24.4 Å². The van der Waals surface area contributed by atoms with Crippen molar-refractivity contribution < 1.29 is 13.5 Å². The predicted octanol–water partition coefficient (Wildman–Crippen LogP) is 4.61. The Balaban J connectivity index is 1.35. The van der Waals surface area contributed by atoms with Crippen molar-refractivity contribution in [1.82, 2.24) is 29.4 Å². The van der Waals surface area contributed by atoms with Crippen LogP contribution >= 0.6 is 0 Å². The highest BCUT2D eigenvalue weighted by Gasteiger charge is 2.30. The van der Waals surface area contributed by atoms with Gasteiger partial charge in [-0.1, -0.05) is 0 Å². The molecular formula is C25H21F2N7O.